The highest BCUT2D eigenvalue weighted by molar-refractivity contribution is 7.80. The second kappa shape index (κ2) is 6.15. The molecule has 0 aromatic rings. The lowest BCUT2D eigenvalue weighted by Gasteiger charge is -2.37. The molecular formula is C13H26OS. The van der Waals surface area contributed by atoms with Crippen LogP contribution in [-0.2, 0) is 4.74 Å². The van der Waals surface area contributed by atoms with Gasteiger partial charge in [0.05, 0.1) is 12.7 Å². The van der Waals surface area contributed by atoms with E-state index in [-0.39, 0.29) is 0 Å². The molecule has 90 valence electrons. The summed E-state index contributed by atoms with van der Waals surface area (Å²) in [5.41, 5.74) is 0.379. The molecule has 0 aliphatic heterocycles. The fourth-order valence-electron chi connectivity index (χ4n) is 2.15. The highest BCUT2D eigenvalue weighted by atomic mass is 32.1. The molecule has 1 aliphatic rings. The molecule has 1 nitrogen and oxygen atoms in total. The van der Waals surface area contributed by atoms with Crippen molar-refractivity contribution >= 4 is 12.6 Å². The van der Waals surface area contributed by atoms with Gasteiger partial charge in [0.15, 0.2) is 0 Å². The van der Waals surface area contributed by atoms with Crippen LogP contribution in [0.15, 0.2) is 0 Å². The third-order valence-electron chi connectivity index (χ3n) is 3.84. The summed E-state index contributed by atoms with van der Waals surface area (Å²) in [6.45, 7) is 7.54. The molecule has 0 aromatic heterocycles. The third kappa shape index (κ3) is 3.99. The van der Waals surface area contributed by atoms with Crippen LogP contribution in [0.5, 0.6) is 0 Å². The van der Waals surface area contributed by atoms with E-state index in [1.807, 2.05) is 0 Å². The molecule has 1 fully saturated rings. The van der Waals surface area contributed by atoms with Crippen LogP contribution in [0.2, 0.25) is 0 Å². The zero-order valence-corrected chi connectivity index (χ0v) is 11.4. The molecule has 1 saturated carbocycles. The summed E-state index contributed by atoms with van der Waals surface area (Å²) < 4.78 is 5.99. The third-order valence-corrected chi connectivity index (χ3v) is 4.51. The first-order chi connectivity index (χ1) is 7.09. The molecule has 0 saturated heterocycles. The number of thiol groups is 1. The fraction of sp³-hybridized carbons (Fsp3) is 1.00. The van der Waals surface area contributed by atoms with Crippen molar-refractivity contribution in [1.29, 1.82) is 0 Å². The Morgan fingerprint density at radius 1 is 1.13 bits per heavy atom. The van der Waals surface area contributed by atoms with E-state index in [0.29, 0.717) is 17.4 Å². The van der Waals surface area contributed by atoms with Crippen molar-refractivity contribution in [3.8, 4) is 0 Å². The standard InChI is InChI=1S/C13H26OS/c1-11(2)12(3)14-9-13(10-15)7-5-4-6-8-13/h11-12,15H,4-10H2,1-3H3. The summed E-state index contributed by atoms with van der Waals surface area (Å²) in [4.78, 5) is 0. The Morgan fingerprint density at radius 2 is 1.73 bits per heavy atom. The zero-order valence-electron chi connectivity index (χ0n) is 10.5. The quantitative estimate of drug-likeness (QED) is 0.704. The Kier molecular flexibility index (Phi) is 5.48. The number of rotatable bonds is 5. The van der Waals surface area contributed by atoms with Crippen molar-refractivity contribution in [3.63, 3.8) is 0 Å². The van der Waals surface area contributed by atoms with Gasteiger partial charge in [0.25, 0.3) is 0 Å². The lowest BCUT2D eigenvalue weighted by atomic mass is 9.76. The Hall–Kier alpha value is 0.310. The largest absolute Gasteiger partial charge is 0.378 e. The Morgan fingerprint density at radius 3 is 2.20 bits per heavy atom. The number of hydrogen-bond acceptors (Lipinski definition) is 2. The summed E-state index contributed by atoms with van der Waals surface area (Å²) >= 11 is 4.52. The molecular weight excluding hydrogens is 204 g/mol. The number of ether oxygens (including phenoxy) is 1. The summed E-state index contributed by atoms with van der Waals surface area (Å²) in [5, 5.41) is 0. The Labute approximate surface area is 100 Å². The second-order valence-electron chi connectivity index (χ2n) is 5.48. The van der Waals surface area contributed by atoms with E-state index in [4.69, 9.17) is 4.74 Å². The minimum absolute atomic E-state index is 0.378. The molecule has 0 spiro atoms. The molecule has 0 N–H and O–H groups in total. The van der Waals surface area contributed by atoms with Gasteiger partial charge in [-0.2, -0.15) is 12.6 Å². The lowest BCUT2D eigenvalue weighted by Crippen LogP contribution is -2.34. The molecule has 15 heavy (non-hydrogen) atoms. The molecule has 0 bridgehead atoms. The molecule has 1 aliphatic carbocycles. The molecule has 0 aromatic carbocycles. The van der Waals surface area contributed by atoms with Crippen molar-refractivity contribution in [2.75, 3.05) is 12.4 Å². The van der Waals surface area contributed by atoms with Crippen LogP contribution in [0.4, 0.5) is 0 Å². The maximum absolute atomic E-state index is 5.99. The van der Waals surface area contributed by atoms with Crippen molar-refractivity contribution in [3.05, 3.63) is 0 Å². The average molecular weight is 230 g/mol. The van der Waals surface area contributed by atoms with Gasteiger partial charge in [-0.1, -0.05) is 33.1 Å². The maximum Gasteiger partial charge on any atom is 0.0570 e. The molecule has 0 heterocycles. The van der Waals surface area contributed by atoms with Crippen molar-refractivity contribution in [2.24, 2.45) is 11.3 Å². The first-order valence-electron chi connectivity index (χ1n) is 6.32. The number of hydrogen-bond donors (Lipinski definition) is 1. The van der Waals surface area contributed by atoms with Crippen LogP contribution in [0.25, 0.3) is 0 Å². The van der Waals surface area contributed by atoms with E-state index in [0.717, 1.165) is 12.4 Å². The van der Waals surface area contributed by atoms with Crippen LogP contribution in [0.3, 0.4) is 0 Å². The lowest BCUT2D eigenvalue weighted by molar-refractivity contribution is -0.0258. The van der Waals surface area contributed by atoms with Gasteiger partial charge in [0.2, 0.25) is 0 Å². The van der Waals surface area contributed by atoms with Gasteiger partial charge in [-0.3, -0.25) is 0 Å². The van der Waals surface area contributed by atoms with Crippen LogP contribution < -0.4 is 0 Å². The smallest absolute Gasteiger partial charge is 0.0570 e. The van der Waals surface area contributed by atoms with E-state index >= 15 is 0 Å². The van der Waals surface area contributed by atoms with Crippen LogP contribution in [0.1, 0.15) is 52.9 Å². The molecule has 0 radical (unpaired) electrons. The van der Waals surface area contributed by atoms with E-state index in [2.05, 4.69) is 33.4 Å². The fourth-order valence-corrected chi connectivity index (χ4v) is 2.56. The topological polar surface area (TPSA) is 9.23 Å². The van der Waals surface area contributed by atoms with Crippen molar-refractivity contribution in [1.82, 2.24) is 0 Å². The molecule has 1 unspecified atom stereocenters. The Bertz CT molecular complexity index is 173. The van der Waals surface area contributed by atoms with Crippen LogP contribution in [0, 0.1) is 11.3 Å². The van der Waals surface area contributed by atoms with Gasteiger partial charge in [-0.15, -0.1) is 0 Å². The molecule has 0 amide bonds. The zero-order chi connectivity index (χ0) is 11.3. The summed E-state index contributed by atoms with van der Waals surface area (Å²) in [7, 11) is 0. The van der Waals surface area contributed by atoms with Gasteiger partial charge in [-0.05, 0) is 31.4 Å². The predicted octanol–water partition coefficient (Wildman–Crippen LogP) is 3.93. The molecule has 1 atom stereocenters. The summed E-state index contributed by atoms with van der Waals surface area (Å²) in [5.74, 6) is 1.60. The maximum atomic E-state index is 5.99. The van der Waals surface area contributed by atoms with Crippen molar-refractivity contribution < 1.29 is 4.74 Å². The van der Waals surface area contributed by atoms with Crippen LogP contribution >= 0.6 is 12.6 Å². The minimum Gasteiger partial charge on any atom is -0.378 e. The highest BCUT2D eigenvalue weighted by Gasteiger charge is 2.31. The van der Waals surface area contributed by atoms with Gasteiger partial charge in [0.1, 0.15) is 0 Å². The summed E-state index contributed by atoms with van der Waals surface area (Å²) in [6.07, 6.45) is 7.11. The van der Waals surface area contributed by atoms with E-state index in [1.165, 1.54) is 32.1 Å². The SMILES string of the molecule is CC(C)C(C)OCC1(CS)CCCCC1. The second-order valence-corrected chi connectivity index (χ2v) is 5.80. The summed E-state index contributed by atoms with van der Waals surface area (Å²) in [6, 6.07) is 0. The first-order valence-corrected chi connectivity index (χ1v) is 6.95. The van der Waals surface area contributed by atoms with Gasteiger partial charge in [0, 0.05) is 5.41 Å². The van der Waals surface area contributed by atoms with E-state index in [1.54, 1.807) is 0 Å². The van der Waals surface area contributed by atoms with Gasteiger partial charge in [-0.25, -0.2) is 0 Å². The Balaban J connectivity index is 2.38. The van der Waals surface area contributed by atoms with Crippen LogP contribution in [-0.4, -0.2) is 18.5 Å². The normalized spacial score (nSPS) is 23.0. The molecule has 2 heteroatoms. The monoisotopic (exact) mass is 230 g/mol. The van der Waals surface area contributed by atoms with Gasteiger partial charge >= 0.3 is 0 Å². The highest BCUT2D eigenvalue weighted by Crippen LogP contribution is 2.37. The van der Waals surface area contributed by atoms with E-state index < -0.39 is 0 Å². The first kappa shape index (κ1) is 13.4. The van der Waals surface area contributed by atoms with Gasteiger partial charge < -0.3 is 4.74 Å². The van der Waals surface area contributed by atoms with Crippen molar-refractivity contribution in [2.45, 2.75) is 59.0 Å². The molecule has 1 rings (SSSR count). The van der Waals surface area contributed by atoms with E-state index in [9.17, 15) is 0 Å². The minimum atomic E-state index is 0.378. The average Bonchev–Trinajstić information content (AvgIpc) is 2.27. The predicted molar refractivity (Wildman–Crippen MR) is 69.6 cm³/mol.